The molecule has 11 heteroatoms. The van der Waals surface area contributed by atoms with Gasteiger partial charge in [-0.05, 0) is 19.1 Å². The molecule has 1 aliphatic heterocycles. The number of anilines is 1. The molecule has 26 heavy (non-hydrogen) atoms. The fourth-order valence-electron chi connectivity index (χ4n) is 2.85. The average Bonchev–Trinajstić information content (AvgIpc) is 3.15. The van der Waals surface area contributed by atoms with Crippen LogP contribution in [-0.2, 0) is 19.9 Å². The summed E-state index contributed by atoms with van der Waals surface area (Å²) in [6.07, 6.45) is -3.02. The van der Waals surface area contributed by atoms with Gasteiger partial charge in [0.05, 0.1) is 5.69 Å². The van der Waals surface area contributed by atoms with Crippen molar-refractivity contribution in [2.24, 2.45) is 5.73 Å². The molecule has 1 saturated heterocycles. The number of hydrogen-bond donors (Lipinski definition) is 4. The van der Waals surface area contributed by atoms with E-state index in [-0.39, 0.29) is 18.1 Å². The van der Waals surface area contributed by atoms with Crippen molar-refractivity contribution in [3.05, 3.63) is 24.2 Å². The molecule has 5 atom stereocenters. The molecule has 0 amide bonds. The van der Waals surface area contributed by atoms with Gasteiger partial charge in [-0.2, -0.15) is 10.4 Å². The molecule has 0 aromatic carbocycles. The van der Waals surface area contributed by atoms with Gasteiger partial charge in [-0.15, -0.1) is 0 Å². The van der Waals surface area contributed by atoms with Crippen LogP contribution in [0.2, 0.25) is 0 Å². The third kappa shape index (κ3) is 2.65. The highest BCUT2D eigenvalue weighted by molar-refractivity contribution is 5.74. The molecule has 1 aliphatic rings. The molecule has 0 aliphatic carbocycles. The van der Waals surface area contributed by atoms with Gasteiger partial charge in [0.15, 0.2) is 5.82 Å². The van der Waals surface area contributed by atoms with Crippen molar-refractivity contribution < 1.29 is 24.5 Å². The highest BCUT2D eigenvalue weighted by Gasteiger charge is 2.57. The summed E-state index contributed by atoms with van der Waals surface area (Å²) in [5, 5.41) is 34.5. The zero-order valence-corrected chi connectivity index (χ0v) is 13.8. The Morgan fingerprint density at radius 2 is 2.31 bits per heavy atom. The maximum absolute atomic E-state index is 11.5. The topological polar surface area (TPSA) is 182 Å². The third-order valence-corrected chi connectivity index (χ3v) is 4.25. The molecule has 3 heterocycles. The number of nitriles is 1. The Balaban J connectivity index is 1.95. The number of aromatic nitrogens is 3. The highest BCUT2D eigenvalue weighted by atomic mass is 16.6. The molecular weight excluding hydrogens is 344 g/mol. The second kappa shape index (κ2) is 6.50. The lowest BCUT2D eigenvalue weighted by Gasteiger charge is -2.24. The first-order valence-electron chi connectivity index (χ1n) is 7.78. The van der Waals surface area contributed by atoms with E-state index in [4.69, 9.17) is 20.9 Å². The first-order valence-corrected chi connectivity index (χ1v) is 7.78. The van der Waals surface area contributed by atoms with Crippen molar-refractivity contribution in [1.82, 2.24) is 14.6 Å². The van der Waals surface area contributed by atoms with Crippen LogP contribution < -0.4 is 11.5 Å². The second-order valence-electron chi connectivity index (χ2n) is 6.02. The number of carbonyl (C=O) groups excluding carboxylic acids is 1. The van der Waals surface area contributed by atoms with E-state index < -0.39 is 35.9 Å². The first kappa shape index (κ1) is 18.0. The van der Waals surface area contributed by atoms with Crippen LogP contribution in [0.4, 0.5) is 5.82 Å². The first-order chi connectivity index (χ1) is 12.3. The summed E-state index contributed by atoms with van der Waals surface area (Å²) in [7, 11) is 0. The Labute approximate surface area is 147 Å². The Morgan fingerprint density at radius 3 is 2.96 bits per heavy atom. The van der Waals surface area contributed by atoms with E-state index in [1.165, 1.54) is 23.8 Å². The normalized spacial score (nSPS) is 29.4. The highest BCUT2D eigenvalue weighted by Crippen LogP contribution is 2.40. The Morgan fingerprint density at radius 1 is 1.58 bits per heavy atom. The molecular formula is C15H18N6O5. The van der Waals surface area contributed by atoms with Gasteiger partial charge >= 0.3 is 5.97 Å². The van der Waals surface area contributed by atoms with Crippen molar-refractivity contribution in [2.45, 2.75) is 36.9 Å². The Hall–Kier alpha value is -2.78. The molecule has 2 aromatic rings. The quantitative estimate of drug-likeness (QED) is 0.446. The molecule has 0 unspecified atom stereocenters. The largest absolute Gasteiger partial charge is 0.462 e. The van der Waals surface area contributed by atoms with Gasteiger partial charge in [-0.25, -0.2) is 9.50 Å². The van der Waals surface area contributed by atoms with Gasteiger partial charge in [0.25, 0.3) is 0 Å². The van der Waals surface area contributed by atoms with Crippen molar-refractivity contribution >= 4 is 17.3 Å². The van der Waals surface area contributed by atoms with Crippen molar-refractivity contribution in [3.8, 4) is 6.07 Å². The molecule has 0 spiro atoms. The molecule has 0 radical (unpaired) electrons. The molecule has 138 valence electrons. The van der Waals surface area contributed by atoms with Crippen molar-refractivity contribution in [3.63, 3.8) is 0 Å². The van der Waals surface area contributed by atoms with Crippen LogP contribution in [0.15, 0.2) is 18.5 Å². The van der Waals surface area contributed by atoms with Crippen LogP contribution in [0.1, 0.15) is 12.6 Å². The molecule has 1 fully saturated rings. The SMILES string of the molecule is C[C@H](N)C(=O)OC[C@H]1O[C@@](C#N)(c2ccc3c(N)ncnn23)[C@H](O)[C@@H]1O. The number of nitrogen functional groups attached to an aromatic ring is 1. The number of hydrogen-bond acceptors (Lipinski definition) is 10. The number of aliphatic hydroxyl groups excluding tert-OH is 2. The Bertz CT molecular complexity index is 877. The number of carbonyl (C=O) groups is 1. The fourth-order valence-corrected chi connectivity index (χ4v) is 2.85. The number of fused-ring (bicyclic) bond motifs is 1. The molecule has 0 saturated carbocycles. The van der Waals surface area contributed by atoms with Crippen LogP contribution in [0.5, 0.6) is 0 Å². The number of esters is 1. The van der Waals surface area contributed by atoms with E-state index in [9.17, 15) is 20.3 Å². The summed E-state index contributed by atoms with van der Waals surface area (Å²) in [6.45, 7) is 1.07. The predicted octanol–water partition coefficient (Wildman–Crippen LogP) is -1.96. The van der Waals surface area contributed by atoms with E-state index in [1.807, 2.05) is 6.07 Å². The van der Waals surface area contributed by atoms with Gasteiger partial charge < -0.3 is 31.2 Å². The maximum atomic E-state index is 11.5. The second-order valence-corrected chi connectivity index (χ2v) is 6.02. The minimum absolute atomic E-state index is 0.164. The van der Waals surface area contributed by atoms with Gasteiger partial charge in [0.1, 0.15) is 48.9 Å². The fraction of sp³-hybridized carbons (Fsp3) is 0.467. The monoisotopic (exact) mass is 362 g/mol. The van der Waals surface area contributed by atoms with E-state index >= 15 is 0 Å². The molecule has 11 nitrogen and oxygen atoms in total. The number of aliphatic hydroxyl groups is 2. The summed E-state index contributed by atoms with van der Waals surface area (Å²) in [5.74, 6) is -0.520. The number of nitrogens with two attached hydrogens (primary N) is 2. The standard InChI is InChI=1S/C15H18N6O5/c1-7(17)14(24)25-4-9-11(22)12(23)15(5-16,26-9)10-3-2-8-13(18)19-6-20-21(8)10/h2-3,6-7,9,11-12,22-23H,4,17H2,1H3,(H2,18,19,20)/t7-,9+,11+,12+,15-/m0/s1. The molecule has 0 bridgehead atoms. The van der Waals surface area contributed by atoms with Crippen LogP contribution >= 0.6 is 0 Å². The minimum atomic E-state index is -1.93. The van der Waals surface area contributed by atoms with Crippen LogP contribution in [0.3, 0.4) is 0 Å². The smallest absolute Gasteiger partial charge is 0.322 e. The summed E-state index contributed by atoms with van der Waals surface area (Å²) in [5.41, 5.74) is 9.82. The Kier molecular flexibility index (Phi) is 4.51. The zero-order chi connectivity index (χ0) is 19.1. The van der Waals surface area contributed by atoms with Crippen molar-refractivity contribution in [2.75, 3.05) is 12.3 Å². The van der Waals surface area contributed by atoms with Crippen LogP contribution in [0.25, 0.3) is 5.52 Å². The zero-order valence-electron chi connectivity index (χ0n) is 13.8. The molecule has 3 rings (SSSR count). The summed E-state index contributed by atoms with van der Waals surface area (Å²) < 4.78 is 11.9. The van der Waals surface area contributed by atoms with Gasteiger partial charge in [0.2, 0.25) is 5.60 Å². The molecule has 2 aromatic heterocycles. The third-order valence-electron chi connectivity index (χ3n) is 4.25. The van der Waals surface area contributed by atoms with E-state index in [2.05, 4.69) is 10.1 Å². The molecule has 6 N–H and O–H groups in total. The van der Waals surface area contributed by atoms with Gasteiger partial charge in [0, 0.05) is 0 Å². The number of rotatable bonds is 4. The summed E-state index contributed by atoms with van der Waals surface area (Å²) in [6, 6.07) is 4.10. The van der Waals surface area contributed by atoms with Crippen LogP contribution in [-0.4, -0.2) is 61.7 Å². The maximum Gasteiger partial charge on any atom is 0.322 e. The minimum Gasteiger partial charge on any atom is -0.462 e. The van der Waals surface area contributed by atoms with Gasteiger partial charge in [-0.3, -0.25) is 4.79 Å². The van der Waals surface area contributed by atoms with Crippen LogP contribution in [0, 0.1) is 11.3 Å². The number of ether oxygens (including phenoxy) is 2. The lowest BCUT2D eigenvalue weighted by atomic mass is 9.92. The van der Waals surface area contributed by atoms with Crippen molar-refractivity contribution in [1.29, 1.82) is 5.26 Å². The lowest BCUT2D eigenvalue weighted by Crippen LogP contribution is -2.41. The lowest BCUT2D eigenvalue weighted by molar-refractivity contribution is -0.151. The van der Waals surface area contributed by atoms with E-state index in [0.29, 0.717) is 5.52 Å². The van der Waals surface area contributed by atoms with Gasteiger partial charge in [-0.1, -0.05) is 0 Å². The van der Waals surface area contributed by atoms with E-state index in [1.54, 1.807) is 6.07 Å². The number of nitrogens with zero attached hydrogens (tertiary/aromatic N) is 4. The van der Waals surface area contributed by atoms with E-state index in [0.717, 1.165) is 0 Å². The summed E-state index contributed by atoms with van der Waals surface area (Å²) in [4.78, 5) is 15.4. The predicted molar refractivity (Wildman–Crippen MR) is 86.2 cm³/mol. The summed E-state index contributed by atoms with van der Waals surface area (Å²) >= 11 is 0. The average molecular weight is 362 g/mol.